The first-order valence-electron chi connectivity index (χ1n) is 15.7. The van der Waals surface area contributed by atoms with Crippen LogP contribution in [-0.2, 0) is 23.9 Å². The van der Waals surface area contributed by atoms with Gasteiger partial charge in [0.25, 0.3) is 0 Å². The van der Waals surface area contributed by atoms with Gasteiger partial charge in [-0.3, -0.25) is 14.4 Å². The summed E-state index contributed by atoms with van der Waals surface area (Å²) in [5, 5.41) is 15.1. The van der Waals surface area contributed by atoms with Crippen LogP contribution in [0.3, 0.4) is 0 Å². The van der Waals surface area contributed by atoms with Gasteiger partial charge in [-0.1, -0.05) is 84.3 Å². The molecule has 1 aliphatic rings. The maximum absolute atomic E-state index is 12.6. The SMILES string of the molecule is CCCCCCCC/C=C\CCCCCCC(CCNC(=O)CCNC(=O)C1OC(C)(C)OCC1(C)C)C(=O)O. The molecule has 40 heavy (non-hydrogen) atoms. The van der Waals surface area contributed by atoms with Crippen molar-refractivity contribution in [1.29, 1.82) is 0 Å². The Hall–Kier alpha value is -1.93. The van der Waals surface area contributed by atoms with Crippen LogP contribution in [0.15, 0.2) is 12.2 Å². The summed E-state index contributed by atoms with van der Waals surface area (Å²) in [6.45, 7) is 10.5. The number of carbonyl (C=O) groups excluding carboxylic acids is 2. The minimum Gasteiger partial charge on any atom is -0.481 e. The number of nitrogens with one attached hydrogen (secondary N) is 2. The zero-order valence-corrected chi connectivity index (χ0v) is 26.0. The molecular formula is C32H58N2O6. The third-order valence-electron chi connectivity index (χ3n) is 7.52. The molecule has 0 aromatic carbocycles. The number of carbonyl (C=O) groups is 3. The number of carboxylic acid groups (broad SMARTS) is 1. The molecule has 2 amide bonds. The molecule has 1 fully saturated rings. The van der Waals surface area contributed by atoms with Crippen molar-refractivity contribution in [3.63, 3.8) is 0 Å². The summed E-state index contributed by atoms with van der Waals surface area (Å²) in [6, 6.07) is 0. The predicted octanol–water partition coefficient (Wildman–Crippen LogP) is 6.52. The van der Waals surface area contributed by atoms with Gasteiger partial charge in [-0.2, -0.15) is 0 Å². The van der Waals surface area contributed by atoms with Crippen molar-refractivity contribution in [2.75, 3.05) is 19.7 Å². The molecule has 1 saturated heterocycles. The summed E-state index contributed by atoms with van der Waals surface area (Å²) < 4.78 is 11.5. The molecule has 3 N–H and O–H groups in total. The van der Waals surface area contributed by atoms with Crippen molar-refractivity contribution in [2.45, 2.75) is 143 Å². The van der Waals surface area contributed by atoms with Gasteiger partial charge in [-0.15, -0.1) is 0 Å². The van der Waals surface area contributed by atoms with Crippen molar-refractivity contribution >= 4 is 17.8 Å². The van der Waals surface area contributed by atoms with Crippen LogP contribution in [0.25, 0.3) is 0 Å². The maximum atomic E-state index is 12.6. The molecule has 232 valence electrons. The number of amides is 2. The van der Waals surface area contributed by atoms with E-state index in [4.69, 9.17) is 9.47 Å². The van der Waals surface area contributed by atoms with E-state index in [1.165, 1.54) is 44.9 Å². The average molecular weight is 567 g/mol. The minimum absolute atomic E-state index is 0.129. The molecule has 0 aromatic rings. The summed E-state index contributed by atoms with van der Waals surface area (Å²) >= 11 is 0. The van der Waals surface area contributed by atoms with Crippen molar-refractivity contribution < 1.29 is 29.0 Å². The van der Waals surface area contributed by atoms with Gasteiger partial charge in [0.05, 0.1) is 12.5 Å². The fraction of sp³-hybridized carbons (Fsp3) is 0.844. The number of ether oxygens (including phenoxy) is 2. The summed E-state index contributed by atoms with van der Waals surface area (Å²) in [6.07, 6.45) is 19.6. The standard InChI is InChI=1S/C32H58N2O6/c1-6-7-8-9-10-11-12-13-14-15-16-17-18-19-20-26(30(37)38)21-23-33-27(35)22-24-34-29(36)28-31(2,3)25-39-32(4,5)40-28/h13-14,26,28H,6-12,15-25H2,1-5H3,(H,33,35)(H,34,36)(H,37,38)/b14-13-. The largest absolute Gasteiger partial charge is 0.481 e. The first-order chi connectivity index (χ1) is 19.0. The second-order valence-electron chi connectivity index (χ2n) is 12.4. The van der Waals surface area contributed by atoms with Crippen LogP contribution >= 0.6 is 0 Å². The molecule has 0 aliphatic carbocycles. The molecule has 8 nitrogen and oxygen atoms in total. The van der Waals surface area contributed by atoms with Crippen LogP contribution in [-0.4, -0.2) is 54.5 Å². The van der Waals surface area contributed by atoms with Crippen molar-refractivity contribution in [3.8, 4) is 0 Å². The van der Waals surface area contributed by atoms with E-state index in [-0.39, 0.29) is 24.8 Å². The fourth-order valence-electron chi connectivity index (χ4n) is 4.86. The lowest BCUT2D eigenvalue weighted by molar-refractivity contribution is -0.304. The van der Waals surface area contributed by atoms with E-state index >= 15 is 0 Å². The van der Waals surface area contributed by atoms with Gasteiger partial charge in [0, 0.05) is 24.9 Å². The van der Waals surface area contributed by atoms with Crippen molar-refractivity contribution in [3.05, 3.63) is 12.2 Å². The lowest BCUT2D eigenvalue weighted by Crippen LogP contribution is -2.56. The molecule has 0 bridgehead atoms. The Kier molecular flexibility index (Phi) is 18.1. The van der Waals surface area contributed by atoms with Crippen LogP contribution in [0.5, 0.6) is 0 Å². The number of hydrogen-bond donors (Lipinski definition) is 3. The Morgan fingerprint density at radius 2 is 1.45 bits per heavy atom. The molecule has 0 aromatic heterocycles. The van der Waals surface area contributed by atoms with Gasteiger partial charge in [0.15, 0.2) is 5.79 Å². The van der Waals surface area contributed by atoms with Crippen molar-refractivity contribution in [2.24, 2.45) is 11.3 Å². The van der Waals surface area contributed by atoms with Gasteiger partial charge in [-0.25, -0.2) is 0 Å². The third kappa shape index (κ3) is 16.4. The Balaban J connectivity index is 2.12. The highest BCUT2D eigenvalue weighted by molar-refractivity contribution is 5.83. The highest BCUT2D eigenvalue weighted by atomic mass is 16.7. The number of carboxylic acids is 1. The first-order valence-corrected chi connectivity index (χ1v) is 15.7. The topological polar surface area (TPSA) is 114 Å². The second-order valence-corrected chi connectivity index (χ2v) is 12.4. The lowest BCUT2D eigenvalue weighted by atomic mass is 9.85. The molecule has 2 unspecified atom stereocenters. The fourth-order valence-corrected chi connectivity index (χ4v) is 4.86. The minimum atomic E-state index is -0.834. The van der Waals surface area contributed by atoms with E-state index < -0.39 is 29.2 Å². The van der Waals surface area contributed by atoms with Gasteiger partial charge in [0.2, 0.25) is 11.8 Å². The van der Waals surface area contributed by atoms with E-state index in [2.05, 4.69) is 29.7 Å². The molecule has 1 aliphatic heterocycles. The lowest BCUT2D eigenvalue weighted by Gasteiger charge is -2.44. The van der Waals surface area contributed by atoms with E-state index in [0.717, 1.165) is 32.1 Å². The first kappa shape index (κ1) is 36.1. The highest BCUT2D eigenvalue weighted by Gasteiger charge is 2.45. The Morgan fingerprint density at radius 3 is 2.08 bits per heavy atom. The Morgan fingerprint density at radius 1 is 0.850 bits per heavy atom. The smallest absolute Gasteiger partial charge is 0.306 e. The number of hydrogen-bond acceptors (Lipinski definition) is 5. The third-order valence-corrected chi connectivity index (χ3v) is 7.52. The number of unbranched alkanes of at least 4 members (excludes halogenated alkanes) is 10. The van der Waals surface area contributed by atoms with Crippen molar-refractivity contribution in [1.82, 2.24) is 10.6 Å². The van der Waals surface area contributed by atoms with Gasteiger partial charge < -0.3 is 25.2 Å². The molecule has 0 spiro atoms. The number of aliphatic carboxylic acids is 1. The summed E-state index contributed by atoms with van der Waals surface area (Å²) in [7, 11) is 0. The molecule has 1 heterocycles. The van der Waals surface area contributed by atoms with Crippen LogP contribution in [0, 0.1) is 11.3 Å². The van der Waals surface area contributed by atoms with E-state index in [0.29, 0.717) is 26.0 Å². The molecule has 0 radical (unpaired) electrons. The molecule has 1 rings (SSSR count). The number of allylic oxidation sites excluding steroid dienone is 2. The van der Waals surface area contributed by atoms with E-state index in [1.807, 2.05) is 13.8 Å². The maximum Gasteiger partial charge on any atom is 0.306 e. The zero-order valence-electron chi connectivity index (χ0n) is 26.0. The summed E-state index contributed by atoms with van der Waals surface area (Å²) in [5.41, 5.74) is -0.475. The molecule has 2 atom stereocenters. The summed E-state index contributed by atoms with van der Waals surface area (Å²) in [4.78, 5) is 36.5. The normalized spacial score (nSPS) is 18.9. The zero-order chi connectivity index (χ0) is 29.9. The van der Waals surface area contributed by atoms with E-state index in [9.17, 15) is 19.5 Å². The summed E-state index contributed by atoms with van der Waals surface area (Å²) in [5.74, 6) is -2.56. The Labute approximate surface area is 243 Å². The number of rotatable bonds is 22. The van der Waals surface area contributed by atoms with Gasteiger partial charge >= 0.3 is 5.97 Å². The van der Waals surface area contributed by atoms with Gasteiger partial charge in [0.1, 0.15) is 6.10 Å². The molecule has 8 heteroatoms. The predicted molar refractivity (Wildman–Crippen MR) is 160 cm³/mol. The quantitative estimate of drug-likeness (QED) is 0.101. The van der Waals surface area contributed by atoms with Crippen LogP contribution in [0.4, 0.5) is 0 Å². The van der Waals surface area contributed by atoms with E-state index in [1.54, 1.807) is 13.8 Å². The monoisotopic (exact) mass is 566 g/mol. The highest BCUT2D eigenvalue weighted by Crippen LogP contribution is 2.34. The second kappa shape index (κ2) is 20.0. The van der Waals surface area contributed by atoms with Crippen LogP contribution in [0.2, 0.25) is 0 Å². The van der Waals surface area contributed by atoms with Crippen LogP contribution < -0.4 is 10.6 Å². The Bertz CT molecular complexity index is 765. The van der Waals surface area contributed by atoms with Crippen LogP contribution in [0.1, 0.15) is 131 Å². The average Bonchev–Trinajstić information content (AvgIpc) is 2.89. The van der Waals surface area contributed by atoms with Gasteiger partial charge in [-0.05, 0) is 52.4 Å². The molecular weight excluding hydrogens is 508 g/mol. The molecule has 0 saturated carbocycles.